The third-order valence-corrected chi connectivity index (χ3v) is 2.22. The monoisotopic (exact) mass is 208 g/mol. The van der Waals surface area contributed by atoms with Gasteiger partial charge in [-0.3, -0.25) is 0 Å². The summed E-state index contributed by atoms with van der Waals surface area (Å²) in [5.74, 6) is -1.05. The van der Waals surface area contributed by atoms with Gasteiger partial charge in [-0.25, -0.2) is 4.39 Å². The Morgan fingerprint density at radius 1 is 1.38 bits per heavy atom. The molecule has 1 aromatic carbocycles. The van der Waals surface area contributed by atoms with Gasteiger partial charge in [0.1, 0.15) is 4.90 Å². The van der Waals surface area contributed by atoms with Crippen LogP contribution in [0.3, 0.4) is 0 Å². The molecular formula is C7H6F2O3S. The van der Waals surface area contributed by atoms with Crippen LogP contribution in [0.15, 0.2) is 23.1 Å². The third-order valence-electron chi connectivity index (χ3n) is 1.40. The van der Waals surface area contributed by atoms with Crippen molar-refractivity contribution in [3.63, 3.8) is 0 Å². The third kappa shape index (κ3) is 2.15. The molecule has 0 atom stereocenters. The van der Waals surface area contributed by atoms with E-state index in [4.69, 9.17) is 0 Å². The first-order chi connectivity index (χ1) is 5.95. The van der Waals surface area contributed by atoms with E-state index < -0.39 is 20.9 Å². The van der Waals surface area contributed by atoms with Gasteiger partial charge in [0.2, 0.25) is 0 Å². The van der Waals surface area contributed by atoms with Gasteiger partial charge < -0.3 is 4.74 Å². The summed E-state index contributed by atoms with van der Waals surface area (Å²) >= 11 is 0. The van der Waals surface area contributed by atoms with Gasteiger partial charge >= 0.3 is 10.2 Å². The van der Waals surface area contributed by atoms with E-state index in [1.54, 1.807) is 0 Å². The Morgan fingerprint density at radius 3 is 2.46 bits per heavy atom. The van der Waals surface area contributed by atoms with E-state index in [0.717, 1.165) is 25.3 Å². The molecule has 0 fully saturated rings. The number of rotatable bonds is 2. The van der Waals surface area contributed by atoms with E-state index in [-0.39, 0.29) is 5.75 Å². The summed E-state index contributed by atoms with van der Waals surface area (Å²) in [6, 6.07) is 2.43. The molecule has 0 aliphatic carbocycles. The topological polar surface area (TPSA) is 43.4 Å². The lowest BCUT2D eigenvalue weighted by atomic mass is 10.3. The number of hydrogen-bond donors (Lipinski definition) is 0. The molecule has 0 aliphatic rings. The highest BCUT2D eigenvalue weighted by atomic mass is 32.3. The van der Waals surface area contributed by atoms with Crippen molar-refractivity contribution in [2.75, 3.05) is 7.11 Å². The lowest BCUT2D eigenvalue weighted by molar-refractivity contribution is 0.385. The van der Waals surface area contributed by atoms with Crippen molar-refractivity contribution < 1.29 is 21.4 Å². The van der Waals surface area contributed by atoms with Gasteiger partial charge in [0, 0.05) is 6.07 Å². The molecule has 0 spiro atoms. The van der Waals surface area contributed by atoms with Crippen LogP contribution in [0.1, 0.15) is 0 Å². The first-order valence-corrected chi connectivity index (χ1v) is 4.61. The maximum absolute atomic E-state index is 12.7. The zero-order valence-electron chi connectivity index (χ0n) is 6.62. The molecule has 0 unspecified atom stereocenters. The summed E-state index contributed by atoms with van der Waals surface area (Å²) in [6.45, 7) is 0. The Morgan fingerprint density at radius 2 is 2.00 bits per heavy atom. The molecule has 0 bridgehead atoms. The standard InChI is InChI=1S/C7H6F2O3S/c1-12-7-4-5(13(9,10)11)2-3-6(7)8/h2-4H,1H3. The van der Waals surface area contributed by atoms with Crippen molar-refractivity contribution in [2.24, 2.45) is 0 Å². The van der Waals surface area contributed by atoms with Crippen LogP contribution in [-0.4, -0.2) is 15.5 Å². The molecule has 13 heavy (non-hydrogen) atoms. The molecule has 72 valence electrons. The van der Waals surface area contributed by atoms with E-state index >= 15 is 0 Å². The Hall–Kier alpha value is -1.17. The number of benzene rings is 1. The second kappa shape index (κ2) is 3.29. The number of halogens is 2. The maximum atomic E-state index is 12.7. The zero-order valence-corrected chi connectivity index (χ0v) is 7.44. The van der Waals surface area contributed by atoms with Crippen LogP contribution in [0.5, 0.6) is 5.75 Å². The molecule has 0 heterocycles. The Balaban J connectivity index is 3.30. The fraction of sp³-hybridized carbons (Fsp3) is 0.143. The fourth-order valence-corrected chi connectivity index (χ4v) is 1.27. The molecule has 0 saturated carbocycles. The van der Waals surface area contributed by atoms with Crippen molar-refractivity contribution in [3.05, 3.63) is 24.0 Å². The normalized spacial score (nSPS) is 11.3. The Bertz CT molecular complexity index is 414. The average Bonchev–Trinajstić information content (AvgIpc) is 2.03. The average molecular weight is 208 g/mol. The van der Waals surface area contributed by atoms with Crippen molar-refractivity contribution in [3.8, 4) is 5.75 Å². The predicted octanol–water partition coefficient (Wildman–Crippen LogP) is 1.49. The van der Waals surface area contributed by atoms with Crippen molar-refractivity contribution in [2.45, 2.75) is 4.90 Å². The summed E-state index contributed by atoms with van der Waals surface area (Å²) in [5, 5.41) is 0. The van der Waals surface area contributed by atoms with Crippen LogP contribution >= 0.6 is 0 Å². The van der Waals surface area contributed by atoms with Gasteiger partial charge in [0.05, 0.1) is 7.11 Å². The van der Waals surface area contributed by atoms with Crippen LogP contribution < -0.4 is 4.74 Å². The van der Waals surface area contributed by atoms with Crippen LogP contribution in [0.2, 0.25) is 0 Å². The van der Waals surface area contributed by atoms with Crippen molar-refractivity contribution >= 4 is 10.2 Å². The van der Waals surface area contributed by atoms with E-state index in [9.17, 15) is 16.7 Å². The number of ether oxygens (including phenoxy) is 1. The summed E-state index contributed by atoms with van der Waals surface area (Å²) < 4.78 is 50.3. The van der Waals surface area contributed by atoms with Gasteiger partial charge in [-0.15, -0.1) is 3.89 Å². The first kappa shape index (κ1) is 9.91. The molecule has 1 rings (SSSR count). The Kier molecular flexibility index (Phi) is 2.51. The Labute approximate surface area is 74.2 Å². The minimum Gasteiger partial charge on any atom is -0.494 e. The highest BCUT2D eigenvalue weighted by molar-refractivity contribution is 7.86. The summed E-state index contributed by atoms with van der Waals surface area (Å²) in [5.41, 5.74) is 0. The molecule has 0 saturated heterocycles. The van der Waals surface area contributed by atoms with Crippen LogP contribution in [-0.2, 0) is 10.2 Å². The predicted molar refractivity (Wildman–Crippen MR) is 41.2 cm³/mol. The molecular weight excluding hydrogens is 202 g/mol. The van der Waals surface area contributed by atoms with Gasteiger partial charge in [0.15, 0.2) is 11.6 Å². The molecule has 1 aromatic rings. The van der Waals surface area contributed by atoms with Crippen LogP contribution in [0.4, 0.5) is 8.28 Å². The van der Waals surface area contributed by atoms with E-state index in [1.165, 1.54) is 0 Å². The van der Waals surface area contributed by atoms with Crippen LogP contribution in [0, 0.1) is 5.82 Å². The summed E-state index contributed by atoms with van der Waals surface area (Å²) in [7, 11) is -3.64. The van der Waals surface area contributed by atoms with Gasteiger partial charge in [-0.2, -0.15) is 8.42 Å². The molecule has 0 aromatic heterocycles. The minimum atomic E-state index is -4.80. The molecule has 0 aliphatic heterocycles. The van der Waals surface area contributed by atoms with Gasteiger partial charge in [-0.1, -0.05) is 0 Å². The largest absolute Gasteiger partial charge is 0.494 e. The highest BCUT2D eigenvalue weighted by Crippen LogP contribution is 2.22. The molecule has 0 N–H and O–H groups in total. The van der Waals surface area contributed by atoms with Crippen molar-refractivity contribution in [1.29, 1.82) is 0 Å². The molecule has 3 nitrogen and oxygen atoms in total. The van der Waals surface area contributed by atoms with E-state index in [1.807, 2.05) is 0 Å². The van der Waals surface area contributed by atoms with E-state index in [0.29, 0.717) is 0 Å². The number of hydrogen-bond acceptors (Lipinski definition) is 3. The van der Waals surface area contributed by atoms with Gasteiger partial charge in [0.25, 0.3) is 0 Å². The van der Waals surface area contributed by atoms with Gasteiger partial charge in [-0.05, 0) is 12.1 Å². The van der Waals surface area contributed by atoms with E-state index in [2.05, 4.69) is 4.74 Å². The lowest BCUT2D eigenvalue weighted by Crippen LogP contribution is -1.95. The number of methoxy groups -OCH3 is 1. The summed E-state index contributed by atoms with van der Waals surface area (Å²) in [6.07, 6.45) is 0. The molecule has 0 radical (unpaired) electrons. The van der Waals surface area contributed by atoms with Crippen LogP contribution in [0.25, 0.3) is 0 Å². The second-order valence-electron chi connectivity index (χ2n) is 2.23. The summed E-state index contributed by atoms with van der Waals surface area (Å²) in [4.78, 5) is -0.620. The fourth-order valence-electron chi connectivity index (χ4n) is 0.792. The zero-order chi connectivity index (χ0) is 10.1. The highest BCUT2D eigenvalue weighted by Gasteiger charge is 2.14. The second-order valence-corrected chi connectivity index (χ2v) is 3.58. The molecule has 0 amide bonds. The minimum absolute atomic E-state index is 0.307. The lowest BCUT2D eigenvalue weighted by Gasteiger charge is -2.01. The SMILES string of the molecule is COc1cc(S(=O)(=O)F)ccc1F. The van der Waals surface area contributed by atoms with Crippen molar-refractivity contribution in [1.82, 2.24) is 0 Å². The quantitative estimate of drug-likeness (QED) is 0.691. The first-order valence-electron chi connectivity index (χ1n) is 3.23. The maximum Gasteiger partial charge on any atom is 0.332 e. The molecule has 6 heteroatoms. The smallest absolute Gasteiger partial charge is 0.332 e.